The molecule has 0 aliphatic heterocycles. The maximum Gasteiger partial charge on any atom is 0.222 e. The highest BCUT2D eigenvalue weighted by molar-refractivity contribution is 5.88. The highest BCUT2D eigenvalue weighted by Crippen LogP contribution is 2.21. The van der Waals surface area contributed by atoms with Crippen molar-refractivity contribution in [1.82, 2.24) is 9.97 Å². The number of nitrogens with one attached hydrogen (secondary N) is 1. The predicted octanol–water partition coefficient (Wildman–Crippen LogP) is 3.38. The van der Waals surface area contributed by atoms with Crippen molar-refractivity contribution in [2.75, 3.05) is 5.32 Å². The fraction of sp³-hybridized carbons (Fsp3) is 0.190. The number of aryl methyl sites for hydroxylation is 2. The van der Waals surface area contributed by atoms with Crippen LogP contribution >= 0.6 is 0 Å². The van der Waals surface area contributed by atoms with E-state index in [4.69, 9.17) is 4.98 Å². The third-order valence-electron chi connectivity index (χ3n) is 4.06. The molecule has 1 aromatic heterocycles. The van der Waals surface area contributed by atoms with E-state index in [-0.39, 0.29) is 12.5 Å². The van der Waals surface area contributed by atoms with Crippen molar-refractivity contribution in [2.24, 2.45) is 0 Å². The van der Waals surface area contributed by atoms with Gasteiger partial charge in [0, 0.05) is 12.5 Å². The van der Waals surface area contributed by atoms with Gasteiger partial charge in [-0.3, -0.25) is 4.79 Å². The standard InChI is InChI=1S/C21H21N3O2/c1-15(26)23-21-19(12-9-16-5-3-2-4-6-16)24-20(13-22-21)18-10-7-17(14-25)8-11-18/h2-8,10-11,13,25H,9,12,14H2,1H3,(H,22,23,26). The van der Waals surface area contributed by atoms with E-state index in [1.807, 2.05) is 42.5 Å². The minimum Gasteiger partial charge on any atom is -0.392 e. The molecule has 0 unspecified atom stereocenters. The Kier molecular flexibility index (Phi) is 5.71. The zero-order chi connectivity index (χ0) is 18.4. The second-order valence-corrected chi connectivity index (χ2v) is 6.07. The summed E-state index contributed by atoms with van der Waals surface area (Å²) in [6.45, 7) is 1.47. The lowest BCUT2D eigenvalue weighted by atomic mass is 10.1. The van der Waals surface area contributed by atoms with E-state index < -0.39 is 0 Å². The summed E-state index contributed by atoms with van der Waals surface area (Å²) in [7, 11) is 0. The van der Waals surface area contributed by atoms with Crippen molar-refractivity contribution < 1.29 is 9.90 Å². The average Bonchev–Trinajstić information content (AvgIpc) is 2.68. The van der Waals surface area contributed by atoms with E-state index in [9.17, 15) is 9.90 Å². The van der Waals surface area contributed by atoms with Gasteiger partial charge in [0.1, 0.15) is 0 Å². The van der Waals surface area contributed by atoms with Gasteiger partial charge in [0.15, 0.2) is 5.82 Å². The number of aromatic nitrogens is 2. The Balaban J connectivity index is 1.88. The molecule has 3 rings (SSSR count). The van der Waals surface area contributed by atoms with E-state index in [0.717, 1.165) is 28.9 Å². The van der Waals surface area contributed by atoms with Crippen LogP contribution in [0.3, 0.4) is 0 Å². The van der Waals surface area contributed by atoms with Crippen LogP contribution in [0.1, 0.15) is 23.7 Å². The maximum atomic E-state index is 11.5. The average molecular weight is 347 g/mol. The molecule has 0 radical (unpaired) electrons. The van der Waals surface area contributed by atoms with Crippen LogP contribution in [-0.2, 0) is 24.2 Å². The smallest absolute Gasteiger partial charge is 0.222 e. The quantitative estimate of drug-likeness (QED) is 0.717. The molecule has 0 atom stereocenters. The van der Waals surface area contributed by atoms with Crippen LogP contribution < -0.4 is 5.32 Å². The summed E-state index contributed by atoms with van der Waals surface area (Å²) in [5.41, 5.74) is 4.48. The number of aliphatic hydroxyl groups is 1. The van der Waals surface area contributed by atoms with Crippen molar-refractivity contribution in [3.05, 3.63) is 77.6 Å². The van der Waals surface area contributed by atoms with E-state index >= 15 is 0 Å². The molecule has 26 heavy (non-hydrogen) atoms. The first kappa shape index (κ1) is 17.8. The van der Waals surface area contributed by atoms with Gasteiger partial charge in [-0.2, -0.15) is 0 Å². The lowest BCUT2D eigenvalue weighted by Crippen LogP contribution is -2.12. The number of nitrogens with zero attached hydrogens (tertiary/aromatic N) is 2. The van der Waals surface area contributed by atoms with Gasteiger partial charge < -0.3 is 10.4 Å². The van der Waals surface area contributed by atoms with Crippen LogP contribution in [0.25, 0.3) is 11.3 Å². The number of rotatable bonds is 6. The monoisotopic (exact) mass is 347 g/mol. The van der Waals surface area contributed by atoms with Crippen LogP contribution in [0.5, 0.6) is 0 Å². The van der Waals surface area contributed by atoms with Crippen molar-refractivity contribution >= 4 is 11.7 Å². The lowest BCUT2D eigenvalue weighted by Gasteiger charge is -2.11. The number of anilines is 1. The summed E-state index contributed by atoms with van der Waals surface area (Å²) in [4.78, 5) is 20.6. The number of hydrogen-bond acceptors (Lipinski definition) is 4. The van der Waals surface area contributed by atoms with Gasteiger partial charge in [-0.15, -0.1) is 0 Å². The summed E-state index contributed by atoms with van der Waals surface area (Å²) >= 11 is 0. The fourth-order valence-corrected chi connectivity index (χ4v) is 2.70. The first-order chi connectivity index (χ1) is 12.7. The number of carbonyl (C=O) groups is 1. The Morgan fingerprint density at radius 3 is 2.38 bits per heavy atom. The van der Waals surface area contributed by atoms with Crippen LogP contribution in [0.15, 0.2) is 60.8 Å². The topological polar surface area (TPSA) is 75.1 Å². The molecule has 1 amide bonds. The lowest BCUT2D eigenvalue weighted by molar-refractivity contribution is -0.114. The SMILES string of the molecule is CC(=O)Nc1ncc(-c2ccc(CO)cc2)nc1CCc1ccccc1. The third kappa shape index (κ3) is 4.52. The van der Waals surface area contributed by atoms with Crippen LogP contribution in [0, 0.1) is 0 Å². The normalized spacial score (nSPS) is 10.5. The molecule has 0 aliphatic rings. The van der Waals surface area contributed by atoms with Crippen molar-refractivity contribution in [3.8, 4) is 11.3 Å². The molecule has 2 aromatic carbocycles. The third-order valence-corrected chi connectivity index (χ3v) is 4.06. The zero-order valence-electron chi connectivity index (χ0n) is 14.6. The molecule has 0 aliphatic carbocycles. The van der Waals surface area contributed by atoms with Gasteiger partial charge in [-0.25, -0.2) is 9.97 Å². The molecule has 5 nitrogen and oxygen atoms in total. The van der Waals surface area contributed by atoms with E-state index in [2.05, 4.69) is 22.4 Å². The molecule has 1 heterocycles. The highest BCUT2D eigenvalue weighted by Gasteiger charge is 2.11. The minimum absolute atomic E-state index is 0.00968. The van der Waals surface area contributed by atoms with Crippen molar-refractivity contribution in [3.63, 3.8) is 0 Å². The molecular formula is C21H21N3O2. The number of hydrogen-bond donors (Lipinski definition) is 2. The Hall–Kier alpha value is -3.05. The summed E-state index contributed by atoms with van der Waals surface area (Å²) in [6, 6.07) is 17.7. The van der Waals surface area contributed by atoms with Crippen LogP contribution in [-0.4, -0.2) is 21.0 Å². The molecule has 0 bridgehead atoms. The van der Waals surface area contributed by atoms with Gasteiger partial charge in [-0.1, -0.05) is 54.6 Å². The van der Waals surface area contributed by atoms with Crippen LogP contribution in [0.2, 0.25) is 0 Å². The minimum atomic E-state index is -0.166. The number of amides is 1. The van der Waals surface area contributed by atoms with Crippen molar-refractivity contribution in [1.29, 1.82) is 0 Å². The first-order valence-electron chi connectivity index (χ1n) is 8.53. The van der Waals surface area contributed by atoms with Gasteiger partial charge in [0.25, 0.3) is 0 Å². The first-order valence-corrected chi connectivity index (χ1v) is 8.53. The molecule has 132 valence electrons. The molecule has 5 heteroatoms. The van der Waals surface area contributed by atoms with Crippen LogP contribution in [0.4, 0.5) is 5.82 Å². The summed E-state index contributed by atoms with van der Waals surface area (Å²) in [5, 5.41) is 11.9. The van der Waals surface area contributed by atoms with Gasteiger partial charge in [0.05, 0.1) is 24.2 Å². The molecule has 2 N–H and O–H groups in total. The second-order valence-electron chi connectivity index (χ2n) is 6.07. The van der Waals surface area contributed by atoms with E-state index in [1.165, 1.54) is 12.5 Å². The number of aliphatic hydroxyl groups excluding tert-OH is 1. The Morgan fingerprint density at radius 1 is 1.00 bits per heavy atom. The summed E-state index contributed by atoms with van der Waals surface area (Å²) in [6.07, 6.45) is 3.15. The molecule has 0 spiro atoms. The molecule has 0 saturated carbocycles. The predicted molar refractivity (Wildman–Crippen MR) is 102 cm³/mol. The van der Waals surface area contributed by atoms with Gasteiger partial charge in [-0.05, 0) is 24.0 Å². The molecule has 0 saturated heterocycles. The van der Waals surface area contributed by atoms with Crippen molar-refractivity contribution in [2.45, 2.75) is 26.4 Å². The van der Waals surface area contributed by atoms with Gasteiger partial charge in [0.2, 0.25) is 5.91 Å². The molecule has 0 fully saturated rings. The Morgan fingerprint density at radius 2 is 1.73 bits per heavy atom. The maximum absolute atomic E-state index is 11.5. The van der Waals surface area contributed by atoms with E-state index in [0.29, 0.717) is 12.2 Å². The molecular weight excluding hydrogens is 326 g/mol. The number of benzene rings is 2. The fourth-order valence-electron chi connectivity index (χ4n) is 2.70. The summed E-state index contributed by atoms with van der Waals surface area (Å²) in [5.74, 6) is 0.337. The second kappa shape index (κ2) is 8.36. The Labute approximate surface area is 152 Å². The zero-order valence-corrected chi connectivity index (χ0v) is 14.6. The largest absolute Gasteiger partial charge is 0.392 e. The molecule has 3 aromatic rings. The summed E-state index contributed by atoms with van der Waals surface area (Å²) < 4.78 is 0. The Bertz CT molecular complexity index is 878. The number of carbonyl (C=O) groups excluding carboxylic acids is 1. The van der Waals surface area contributed by atoms with Gasteiger partial charge >= 0.3 is 0 Å². The van der Waals surface area contributed by atoms with E-state index in [1.54, 1.807) is 6.20 Å². The highest BCUT2D eigenvalue weighted by atomic mass is 16.3.